The highest BCUT2D eigenvalue weighted by Crippen LogP contribution is 2.30. The Bertz CT molecular complexity index is 809. The van der Waals surface area contributed by atoms with Gasteiger partial charge in [0.1, 0.15) is 15.7 Å². The third-order valence-electron chi connectivity index (χ3n) is 4.65. The quantitative estimate of drug-likeness (QED) is 0.828. The van der Waals surface area contributed by atoms with Crippen LogP contribution in [0.2, 0.25) is 0 Å². The van der Waals surface area contributed by atoms with E-state index in [1.165, 1.54) is 23.5 Å². The average molecular weight is 375 g/mol. The first-order valence-corrected chi connectivity index (χ1v) is 9.42. The summed E-state index contributed by atoms with van der Waals surface area (Å²) in [5.74, 6) is -0.214. The number of hydrogen-bond acceptors (Lipinski definition) is 4. The van der Waals surface area contributed by atoms with E-state index < -0.39 is 0 Å². The van der Waals surface area contributed by atoms with E-state index in [1.807, 2.05) is 6.92 Å². The van der Waals surface area contributed by atoms with Gasteiger partial charge in [-0.1, -0.05) is 0 Å². The summed E-state index contributed by atoms with van der Waals surface area (Å²) in [6, 6.07) is 6.11. The van der Waals surface area contributed by atoms with Crippen molar-refractivity contribution in [2.75, 3.05) is 27.2 Å². The Morgan fingerprint density at radius 1 is 1.19 bits per heavy atom. The lowest BCUT2D eigenvalue weighted by Crippen LogP contribution is -2.42. The van der Waals surface area contributed by atoms with E-state index in [-0.39, 0.29) is 23.5 Å². The van der Waals surface area contributed by atoms with Gasteiger partial charge in [0, 0.05) is 38.7 Å². The molecule has 2 amide bonds. The zero-order chi connectivity index (χ0) is 18.8. The number of rotatable bonds is 3. The Morgan fingerprint density at radius 3 is 2.38 bits per heavy atom. The smallest absolute Gasteiger partial charge is 0.265 e. The molecule has 5 nitrogen and oxygen atoms in total. The minimum absolute atomic E-state index is 0.00798. The van der Waals surface area contributed by atoms with Gasteiger partial charge in [0.05, 0.1) is 5.69 Å². The molecule has 7 heteroatoms. The van der Waals surface area contributed by atoms with Crippen molar-refractivity contribution < 1.29 is 14.0 Å². The standard InChI is InChI=1S/C19H22FN3O2S/c1-12-16(26-17(21-12)13-4-6-15(20)7-5-13)19(25)23-10-8-14(9-11-23)18(24)22(2)3/h4-7,14H,8-11H2,1-3H3. The number of carbonyl (C=O) groups excluding carboxylic acids is 2. The van der Waals surface area contributed by atoms with Crippen LogP contribution in [-0.2, 0) is 4.79 Å². The number of aromatic nitrogens is 1. The van der Waals surface area contributed by atoms with Crippen LogP contribution in [0, 0.1) is 18.7 Å². The first-order chi connectivity index (χ1) is 12.4. The molecule has 0 atom stereocenters. The summed E-state index contributed by atoms with van der Waals surface area (Å²) < 4.78 is 13.1. The van der Waals surface area contributed by atoms with Crippen LogP contribution in [0.1, 0.15) is 28.2 Å². The molecule has 0 radical (unpaired) electrons. The van der Waals surface area contributed by atoms with Gasteiger partial charge in [-0.3, -0.25) is 9.59 Å². The third-order valence-corrected chi connectivity index (χ3v) is 5.85. The maximum absolute atomic E-state index is 13.1. The lowest BCUT2D eigenvalue weighted by atomic mass is 9.95. The molecule has 1 aromatic carbocycles. The van der Waals surface area contributed by atoms with Crippen molar-refractivity contribution in [2.24, 2.45) is 5.92 Å². The van der Waals surface area contributed by atoms with E-state index in [9.17, 15) is 14.0 Å². The van der Waals surface area contributed by atoms with E-state index in [0.29, 0.717) is 41.5 Å². The number of amides is 2. The van der Waals surface area contributed by atoms with Gasteiger partial charge in [-0.25, -0.2) is 9.37 Å². The van der Waals surface area contributed by atoms with Crippen molar-refractivity contribution in [1.29, 1.82) is 0 Å². The molecule has 2 aromatic rings. The Kier molecular flexibility index (Phi) is 5.36. The van der Waals surface area contributed by atoms with E-state index in [4.69, 9.17) is 0 Å². The van der Waals surface area contributed by atoms with E-state index in [2.05, 4.69) is 4.98 Å². The summed E-state index contributed by atoms with van der Waals surface area (Å²) in [6.45, 7) is 2.97. The second-order valence-electron chi connectivity index (χ2n) is 6.74. The molecule has 1 saturated heterocycles. The van der Waals surface area contributed by atoms with Crippen LogP contribution in [0.4, 0.5) is 4.39 Å². The SMILES string of the molecule is Cc1nc(-c2ccc(F)cc2)sc1C(=O)N1CCC(C(=O)N(C)C)CC1. The number of piperidine rings is 1. The van der Waals surface area contributed by atoms with E-state index in [1.54, 1.807) is 36.0 Å². The summed E-state index contributed by atoms with van der Waals surface area (Å²) in [4.78, 5) is 33.5. The highest BCUT2D eigenvalue weighted by Gasteiger charge is 2.30. The Hall–Kier alpha value is -2.28. The molecule has 1 aromatic heterocycles. The van der Waals surface area contributed by atoms with Gasteiger partial charge < -0.3 is 9.80 Å². The van der Waals surface area contributed by atoms with Crippen LogP contribution in [0.5, 0.6) is 0 Å². The summed E-state index contributed by atoms with van der Waals surface area (Å²) in [5.41, 5.74) is 1.49. The molecule has 0 aliphatic carbocycles. The molecule has 1 aliphatic rings. The number of thiazole rings is 1. The monoisotopic (exact) mass is 375 g/mol. The maximum Gasteiger partial charge on any atom is 0.265 e. The molecule has 1 fully saturated rings. The van der Waals surface area contributed by atoms with Crippen molar-refractivity contribution in [3.05, 3.63) is 40.7 Å². The minimum atomic E-state index is -0.298. The molecule has 3 rings (SSSR count). The zero-order valence-corrected chi connectivity index (χ0v) is 16.0. The molecule has 2 heterocycles. The van der Waals surface area contributed by atoms with Gasteiger partial charge in [-0.2, -0.15) is 0 Å². The largest absolute Gasteiger partial charge is 0.349 e. The third kappa shape index (κ3) is 3.77. The molecule has 0 N–H and O–H groups in total. The maximum atomic E-state index is 13.1. The van der Waals surface area contributed by atoms with Crippen LogP contribution in [0.15, 0.2) is 24.3 Å². The van der Waals surface area contributed by atoms with Crippen molar-refractivity contribution in [2.45, 2.75) is 19.8 Å². The summed E-state index contributed by atoms with van der Waals surface area (Å²) in [6.07, 6.45) is 1.37. The molecular formula is C19H22FN3O2S. The predicted molar refractivity (Wildman–Crippen MR) is 99.6 cm³/mol. The van der Waals surface area contributed by atoms with Crippen LogP contribution in [-0.4, -0.2) is 53.8 Å². The summed E-state index contributed by atoms with van der Waals surface area (Å²) >= 11 is 1.33. The van der Waals surface area contributed by atoms with Gasteiger partial charge in [0.2, 0.25) is 5.91 Å². The normalized spacial score (nSPS) is 15.2. The fraction of sp³-hybridized carbons (Fsp3) is 0.421. The lowest BCUT2D eigenvalue weighted by Gasteiger charge is -2.32. The highest BCUT2D eigenvalue weighted by atomic mass is 32.1. The van der Waals surface area contributed by atoms with Gasteiger partial charge in [0.15, 0.2) is 0 Å². The number of hydrogen-bond donors (Lipinski definition) is 0. The molecule has 1 aliphatic heterocycles. The number of halogens is 1. The van der Waals surface area contributed by atoms with Crippen LogP contribution >= 0.6 is 11.3 Å². The molecular weight excluding hydrogens is 353 g/mol. The first kappa shape index (κ1) is 18.5. The zero-order valence-electron chi connectivity index (χ0n) is 15.2. The number of aryl methyl sites for hydroxylation is 1. The number of carbonyl (C=O) groups is 2. The van der Waals surface area contributed by atoms with Gasteiger partial charge in [-0.05, 0) is 44.0 Å². The first-order valence-electron chi connectivity index (χ1n) is 8.60. The molecule has 0 saturated carbocycles. The fourth-order valence-electron chi connectivity index (χ4n) is 3.15. The average Bonchev–Trinajstić information content (AvgIpc) is 3.03. The number of likely N-dealkylation sites (tertiary alicyclic amines) is 1. The molecule has 0 bridgehead atoms. The Balaban J connectivity index is 1.71. The lowest BCUT2D eigenvalue weighted by molar-refractivity contribution is -0.134. The second-order valence-corrected chi connectivity index (χ2v) is 7.74. The van der Waals surface area contributed by atoms with Crippen molar-refractivity contribution in [3.8, 4) is 10.6 Å². The van der Waals surface area contributed by atoms with E-state index in [0.717, 1.165) is 5.56 Å². The summed E-state index contributed by atoms with van der Waals surface area (Å²) in [7, 11) is 3.52. The van der Waals surface area contributed by atoms with E-state index >= 15 is 0 Å². The topological polar surface area (TPSA) is 53.5 Å². The molecule has 0 spiro atoms. The molecule has 26 heavy (non-hydrogen) atoms. The molecule has 138 valence electrons. The van der Waals surface area contributed by atoms with Gasteiger partial charge in [0.25, 0.3) is 5.91 Å². The van der Waals surface area contributed by atoms with Crippen molar-refractivity contribution >= 4 is 23.2 Å². The van der Waals surface area contributed by atoms with Crippen LogP contribution in [0.25, 0.3) is 10.6 Å². The summed E-state index contributed by atoms with van der Waals surface area (Å²) in [5, 5.41) is 0.712. The Labute approximate surface area is 156 Å². The van der Waals surface area contributed by atoms with Crippen molar-refractivity contribution in [3.63, 3.8) is 0 Å². The fourth-order valence-corrected chi connectivity index (χ4v) is 4.19. The number of nitrogens with zero attached hydrogens (tertiary/aromatic N) is 3. The van der Waals surface area contributed by atoms with Gasteiger partial charge in [-0.15, -0.1) is 11.3 Å². The predicted octanol–water partition coefficient (Wildman–Crippen LogP) is 3.20. The van der Waals surface area contributed by atoms with Gasteiger partial charge >= 0.3 is 0 Å². The Morgan fingerprint density at radius 2 is 1.81 bits per heavy atom. The number of benzene rings is 1. The van der Waals surface area contributed by atoms with Crippen LogP contribution < -0.4 is 0 Å². The molecule has 0 unspecified atom stereocenters. The van der Waals surface area contributed by atoms with Crippen LogP contribution in [0.3, 0.4) is 0 Å². The second kappa shape index (κ2) is 7.53. The minimum Gasteiger partial charge on any atom is -0.349 e. The highest BCUT2D eigenvalue weighted by molar-refractivity contribution is 7.17. The van der Waals surface area contributed by atoms with Crippen molar-refractivity contribution in [1.82, 2.24) is 14.8 Å².